The zero-order chi connectivity index (χ0) is 22.6. The van der Waals surface area contributed by atoms with Crippen molar-refractivity contribution in [1.29, 1.82) is 0 Å². The number of carbonyl (C=O) groups is 2. The third-order valence-electron chi connectivity index (χ3n) is 11.2. The summed E-state index contributed by atoms with van der Waals surface area (Å²) in [5, 5.41) is 0. The molecule has 0 N–H and O–H groups in total. The maximum atomic E-state index is 14.0. The largest absolute Gasteiger partial charge is 0.469 e. The van der Waals surface area contributed by atoms with E-state index in [1.807, 2.05) is 0 Å². The van der Waals surface area contributed by atoms with Crippen LogP contribution in [0.4, 0.5) is 0 Å². The van der Waals surface area contributed by atoms with E-state index in [1.54, 1.807) is 0 Å². The lowest BCUT2D eigenvalue weighted by Crippen LogP contribution is -2.60. The molecule has 0 radical (unpaired) electrons. The molecule has 4 unspecified atom stereocenters. The number of hydrogen-bond donors (Lipinski definition) is 0. The highest BCUT2D eigenvalue weighted by Crippen LogP contribution is 2.69. The molecule has 176 valence electrons. The summed E-state index contributed by atoms with van der Waals surface area (Å²) in [4.78, 5) is 25.8. The van der Waals surface area contributed by atoms with Crippen LogP contribution in [0.25, 0.3) is 0 Å². The molecule has 4 saturated carbocycles. The van der Waals surface area contributed by atoms with Crippen molar-refractivity contribution < 1.29 is 14.3 Å². The van der Waals surface area contributed by atoms with Gasteiger partial charge in [-0.25, -0.2) is 0 Å². The van der Waals surface area contributed by atoms with Crippen LogP contribution >= 0.6 is 0 Å². The van der Waals surface area contributed by atoms with Crippen LogP contribution in [0.1, 0.15) is 98.8 Å². The monoisotopic (exact) mass is 430 g/mol. The number of rotatable bonds is 5. The summed E-state index contributed by atoms with van der Waals surface area (Å²) in [5.74, 6) is 4.81. The van der Waals surface area contributed by atoms with Crippen LogP contribution < -0.4 is 0 Å². The first-order valence-electron chi connectivity index (χ1n) is 13.3. The van der Waals surface area contributed by atoms with Crippen molar-refractivity contribution in [2.45, 2.75) is 98.8 Å². The average molecular weight is 431 g/mol. The molecule has 4 fully saturated rings. The summed E-state index contributed by atoms with van der Waals surface area (Å²) in [5.41, 5.74) is 0.623. The Balaban J connectivity index is 1.59. The van der Waals surface area contributed by atoms with Gasteiger partial charge in [0.05, 0.1) is 7.11 Å². The number of carbonyl (C=O) groups excluding carboxylic acids is 2. The van der Waals surface area contributed by atoms with E-state index >= 15 is 0 Å². The molecule has 0 heterocycles. The van der Waals surface area contributed by atoms with Gasteiger partial charge in [0, 0.05) is 18.3 Å². The highest BCUT2D eigenvalue weighted by atomic mass is 16.5. The van der Waals surface area contributed by atoms with Gasteiger partial charge in [-0.15, -0.1) is 0 Å². The lowest BCUT2D eigenvalue weighted by atomic mass is 9.41. The molecule has 3 nitrogen and oxygen atoms in total. The topological polar surface area (TPSA) is 43.4 Å². The number of Topliss-reactive ketones (excluding diaryl/α,β-unsaturated/α-hetero) is 1. The predicted molar refractivity (Wildman–Crippen MR) is 124 cm³/mol. The minimum atomic E-state index is -0.0889. The van der Waals surface area contributed by atoms with E-state index in [9.17, 15) is 9.59 Å². The molecule has 3 heteroatoms. The Labute approximate surface area is 190 Å². The number of ketones is 1. The Morgan fingerprint density at radius 1 is 1.06 bits per heavy atom. The summed E-state index contributed by atoms with van der Waals surface area (Å²) in [6, 6.07) is 0. The SMILES string of the molecule is CC[C@H]1C(=O)C2C3CCC([C@H](C)CCC(=O)OC)[C@@]3(C)CCC2[C@@]2(C)CC[C@@H](C)C[C@@H]12. The van der Waals surface area contributed by atoms with Crippen molar-refractivity contribution in [2.24, 2.45) is 58.2 Å². The third-order valence-corrected chi connectivity index (χ3v) is 11.2. The molecular formula is C28H46O3. The molecule has 10 atom stereocenters. The first kappa shape index (κ1) is 23.3. The molecule has 0 aliphatic heterocycles. The summed E-state index contributed by atoms with van der Waals surface area (Å²) < 4.78 is 4.89. The molecule has 0 aromatic heterocycles. The zero-order valence-electron chi connectivity index (χ0n) is 20.9. The number of hydrogen-bond acceptors (Lipinski definition) is 3. The third kappa shape index (κ3) is 3.61. The van der Waals surface area contributed by atoms with Gasteiger partial charge in [0.15, 0.2) is 0 Å². The minimum absolute atomic E-state index is 0.0889. The van der Waals surface area contributed by atoms with Crippen molar-refractivity contribution in [2.75, 3.05) is 7.11 Å². The Morgan fingerprint density at radius 2 is 1.74 bits per heavy atom. The first-order valence-corrected chi connectivity index (χ1v) is 13.3. The second-order valence-electron chi connectivity index (χ2n) is 12.5. The van der Waals surface area contributed by atoms with E-state index in [4.69, 9.17) is 4.74 Å². The van der Waals surface area contributed by atoms with Crippen LogP contribution in [0, 0.1) is 58.2 Å². The Bertz CT molecular complexity index is 700. The van der Waals surface area contributed by atoms with Gasteiger partial charge < -0.3 is 4.74 Å². The molecule has 0 bridgehead atoms. The molecule has 0 amide bonds. The molecule has 31 heavy (non-hydrogen) atoms. The molecule has 0 aromatic rings. The normalized spacial score (nSPS) is 47.8. The van der Waals surface area contributed by atoms with E-state index in [0.717, 1.165) is 18.8 Å². The van der Waals surface area contributed by atoms with Crippen molar-refractivity contribution in [3.8, 4) is 0 Å². The van der Waals surface area contributed by atoms with Crippen LogP contribution in [0.5, 0.6) is 0 Å². The molecule has 4 aliphatic rings. The number of methoxy groups -OCH3 is 1. The second-order valence-corrected chi connectivity index (χ2v) is 12.5. The fourth-order valence-corrected chi connectivity index (χ4v) is 9.48. The first-order chi connectivity index (χ1) is 14.7. The maximum Gasteiger partial charge on any atom is 0.305 e. The van der Waals surface area contributed by atoms with Crippen LogP contribution in [0.2, 0.25) is 0 Å². The molecule has 4 rings (SSSR count). The van der Waals surface area contributed by atoms with Gasteiger partial charge in [-0.1, -0.05) is 41.0 Å². The van der Waals surface area contributed by atoms with Gasteiger partial charge in [-0.2, -0.15) is 0 Å². The molecule has 4 aliphatic carbocycles. The van der Waals surface area contributed by atoms with E-state index < -0.39 is 0 Å². The Morgan fingerprint density at radius 3 is 2.42 bits per heavy atom. The fraction of sp³-hybridized carbons (Fsp3) is 0.929. The molecular weight excluding hydrogens is 384 g/mol. The van der Waals surface area contributed by atoms with E-state index in [2.05, 4.69) is 34.6 Å². The second kappa shape index (κ2) is 8.49. The summed E-state index contributed by atoms with van der Waals surface area (Å²) >= 11 is 0. The summed E-state index contributed by atoms with van der Waals surface area (Å²) in [6.45, 7) is 12.1. The predicted octanol–water partition coefficient (Wildman–Crippen LogP) is 6.69. The van der Waals surface area contributed by atoms with Gasteiger partial charge >= 0.3 is 5.97 Å². The Hall–Kier alpha value is -0.860. The maximum absolute atomic E-state index is 14.0. The van der Waals surface area contributed by atoms with Crippen molar-refractivity contribution in [3.05, 3.63) is 0 Å². The van der Waals surface area contributed by atoms with Gasteiger partial charge in [0.25, 0.3) is 0 Å². The number of ether oxygens (including phenoxy) is 1. The zero-order valence-corrected chi connectivity index (χ0v) is 20.9. The highest BCUT2D eigenvalue weighted by Gasteiger charge is 2.64. The van der Waals surface area contributed by atoms with E-state index in [0.29, 0.717) is 47.2 Å². The molecule has 0 saturated heterocycles. The lowest BCUT2D eigenvalue weighted by Gasteiger charge is -2.62. The Kier molecular flexibility index (Phi) is 6.38. The smallest absolute Gasteiger partial charge is 0.305 e. The summed E-state index contributed by atoms with van der Waals surface area (Å²) in [6.07, 6.45) is 11.3. The van der Waals surface area contributed by atoms with E-state index in [-0.39, 0.29) is 23.2 Å². The van der Waals surface area contributed by atoms with Crippen molar-refractivity contribution >= 4 is 11.8 Å². The fourth-order valence-electron chi connectivity index (χ4n) is 9.48. The van der Waals surface area contributed by atoms with Gasteiger partial charge in [0.1, 0.15) is 5.78 Å². The van der Waals surface area contributed by atoms with Crippen molar-refractivity contribution in [1.82, 2.24) is 0 Å². The van der Waals surface area contributed by atoms with Crippen LogP contribution in [-0.2, 0) is 14.3 Å². The highest BCUT2D eigenvalue weighted by molar-refractivity contribution is 5.86. The molecule has 0 spiro atoms. The van der Waals surface area contributed by atoms with Crippen LogP contribution in [-0.4, -0.2) is 18.9 Å². The quantitative estimate of drug-likeness (QED) is 0.457. The minimum Gasteiger partial charge on any atom is -0.469 e. The van der Waals surface area contributed by atoms with E-state index in [1.165, 1.54) is 52.1 Å². The number of esters is 1. The van der Waals surface area contributed by atoms with Gasteiger partial charge in [-0.3, -0.25) is 9.59 Å². The average Bonchev–Trinajstić information content (AvgIpc) is 3.10. The standard InChI is InChI=1S/C28H46O3/c1-7-19-23-16-17(2)12-14-28(23,5)22-13-15-27(4)20(18(3)8-11-24(29)31-6)9-10-21(27)25(22)26(19)30/h17-23,25H,7-16H2,1-6H3/t17-,18-,19-,20?,21?,22?,23+,25?,27-,28-/m1/s1. The van der Waals surface area contributed by atoms with Crippen LogP contribution in [0.15, 0.2) is 0 Å². The number of fused-ring (bicyclic) bond motifs is 5. The van der Waals surface area contributed by atoms with Crippen molar-refractivity contribution in [3.63, 3.8) is 0 Å². The summed E-state index contributed by atoms with van der Waals surface area (Å²) in [7, 11) is 1.49. The lowest BCUT2D eigenvalue weighted by molar-refractivity contribution is -0.170. The van der Waals surface area contributed by atoms with Crippen LogP contribution in [0.3, 0.4) is 0 Å². The molecule has 0 aromatic carbocycles. The van der Waals surface area contributed by atoms with Gasteiger partial charge in [-0.05, 0) is 97.7 Å². The van der Waals surface area contributed by atoms with Gasteiger partial charge in [0.2, 0.25) is 0 Å².